The van der Waals surface area contributed by atoms with E-state index >= 15 is 0 Å². The lowest BCUT2D eigenvalue weighted by Gasteiger charge is -2.33. The second-order valence-electron chi connectivity index (χ2n) is 13.7. The van der Waals surface area contributed by atoms with Crippen LogP contribution in [0.3, 0.4) is 0 Å². The Hall–Kier alpha value is -6.16. The molecule has 0 bridgehead atoms. The van der Waals surface area contributed by atoms with Gasteiger partial charge in [-0.3, -0.25) is 19.6 Å². The molecule has 0 spiro atoms. The lowest BCUT2D eigenvalue weighted by atomic mass is 9.97. The van der Waals surface area contributed by atoms with Crippen molar-refractivity contribution in [3.63, 3.8) is 0 Å². The SMILES string of the molecule is C[C@]1(c2nc3ccc(-c4ccc(-c5ccc6nc([C@@H]7CCCN7C(=O)c7ccccn7)[nH]c6c5)cc4)cc3[nH]2)CCCN1C(=O)c1ccccn1. The van der Waals surface area contributed by atoms with Gasteiger partial charge in [-0.05, 0) is 103 Å². The van der Waals surface area contributed by atoms with Crippen molar-refractivity contribution >= 4 is 33.9 Å². The molecule has 6 heterocycles. The van der Waals surface area contributed by atoms with Crippen molar-refractivity contribution in [1.82, 2.24) is 39.7 Å². The topological polar surface area (TPSA) is 124 Å². The number of amides is 2. The van der Waals surface area contributed by atoms with E-state index in [9.17, 15) is 9.59 Å². The van der Waals surface area contributed by atoms with E-state index < -0.39 is 5.54 Å². The summed E-state index contributed by atoms with van der Waals surface area (Å²) in [6.07, 6.45) is 6.84. The van der Waals surface area contributed by atoms with Crippen LogP contribution >= 0.6 is 0 Å². The molecule has 0 radical (unpaired) electrons. The van der Waals surface area contributed by atoms with E-state index in [1.807, 2.05) is 46.2 Å². The minimum absolute atomic E-state index is 0.0608. The minimum atomic E-state index is -0.542. The normalized spacial score (nSPS) is 19.0. The number of nitrogens with one attached hydrogen (secondary N) is 2. The van der Waals surface area contributed by atoms with Crippen LogP contribution in [0.1, 0.15) is 71.3 Å². The molecule has 9 rings (SSSR count). The number of aromatic nitrogens is 6. The zero-order valence-corrected chi connectivity index (χ0v) is 28.2. The van der Waals surface area contributed by atoms with Crippen LogP contribution in [-0.2, 0) is 5.54 Å². The molecule has 252 valence electrons. The molecule has 10 heteroatoms. The van der Waals surface area contributed by atoms with Crippen molar-refractivity contribution in [2.45, 2.75) is 44.2 Å². The molecule has 2 fully saturated rings. The summed E-state index contributed by atoms with van der Waals surface area (Å²) in [6.45, 7) is 3.45. The summed E-state index contributed by atoms with van der Waals surface area (Å²) in [5.74, 6) is 1.47. The predicted octanol–water partition coefficient (Wildman–Crippen LogP) is 7.69. The summed E-state index contributed by atoms with van der Waals surface area (Å²) in [4.78, 5) is 55.9. The van der Waals surface area contributed by atoms with Gasteiger partial charge in [0, 0.05) is 25.5 Å². The Morgan fingerprint density at radius 2 is 1.29 bits per heavy atom. The van der Waals surface area contributed by atoms with Gasteiger partial charge in [0.25, 0.3) is 11.8 Å². The van der Waals surface area contributed by atoms with Crippen LogP contribution in [0, 0.1) is 0 Å². The number of imidazole rings is 2. The van der Waals surface area contributed by atoms with Crippen LogP contribution < -0.4 is 0 Å². The Kier molecular flexibility index (Phi) is 7.45. The zero-order valence-electron chi connectivity index (χ0n) is 28.2. The van der Waals surface area contributed by atoms with Crippen LogP contribution in [-0.4, -0.2) is 64.6 Å². The summed E-state index contributed by atoms with van der Waals surface area (Å²) < 4.78 is 0. The molecule has 51 heavy (non-hydrogen) atoms. The maximum Gasteiger partial charge on any atom is 0.273 e. The molecule has 10 nitrogen and oxygen atoms in total. The van der Waals surface area contributed by atoms with Crippen molar-refractivity contribution in [1.29, 1.82) is 0 Å². The van der Waals surface area contributed by atoms with Gasteiger partial charge >= 0.3 is 0 Å². The molecular weight excluding hydrogens is 637 g/mol. The highest BCUT2D eigenvalue weighted by Gasteiger charge is 2.44. The Morgan fingerprint density at radius 1 is 0.686 bits per heavy atom. The zero-order chi connectivity index (χ0) is 34.5. The van der Waals surface area contributed by atoms with Crippen molar-refractivity contribution in [2.24, 2.45) is 0 Å². The Balaban J connectivity index is 0.944. The Labute approximate surface area is 294 Å². The Bertz CT molecular complexity index is 2400. The van der Waals surface area contributed by atoms with Crippen LogP contribution in [0.4, 0.5) is 0 Å². The number of pyridine rings is 2. The third-order valence-corrected chi connectivity index (χ3v) is 10.5. The minimum Gasteiger partial charge on any atom is -0.340 e. The summed E-state index contributed by atoms with van der Waals surface area (Å²) in [7, 11) is 0. The van der Waals surface area contributed by atoms with E-state index in [2.05, 4.69) is 75.4 Å². The molecule has 2 aliphatic heterocycles. The van der Waals surface area contributed by atoms with Gasteiger partial charge < -0.3 is 19.8 Å². The number of H-pyrrole nitrogens is 2. The lowest BCUT2D eigenvalue weighted by molar-refractivity contribution is 0.0599. The molecule has 2 atom stereocenters. The summed E-state index contributed by atoms with van der Waals surface area (Å²) in [5.41, 5.74) is 8.36. The fraction of sp³-hybridized carbons (Fsp3) is 0.220. The number of hydrogen-bond acceptors (Lipinski definition) is 6. The molecule has 7 aromatic rings. The number of carbonyl (C=O) groups is 2. The highest BCUT2D eigenvalue weighted by molar-refractivity contribution is 5.94. The van der Waals surface area contributed by atoms with E-state index in [0.717, 1.165) is 81.7 Å². The number of hydrogen-bond donors (Lipinski definition) is 2. The standard InChI is InChI=1S/C41H36N8O2/c1-41(19-7-23-49(41)39(51)33-9-3-5-21-43-33)40-46-31-18-16-29(25-35(31)47-40)27-13-11-26(12-14-27)28-15-17-30-34(24-28)45-37(44-30)36-10-6-22-48(36)38(50)32-8-2-4-20-42-32/h2-5,8-9,11-18,20-21,24-25,36H,6-7,10,19,22-23H2,1H3,(H,44,45)(H,46,47)/t36-,41+/m0/s1. The second kappa shape index (κ2) is 12.3. The monoisotopic (exact) mass is 672 g/mol. The van der Waals surface area contributed by atoms with Gasteiger partial charge in [0.1, 0.15) is 23.0 Å². The summed E-state index contributed by atoms with van der Waals surface area (Å²) in [5, 5.41) is 0. The highest BCUT2D eigenvalue weighted by atomic mass is 16.2. The van der Waals surface area contributed by atoms with Crippen molar-refractivity contribution in [3.8, 4) is 22.3 Å². The third kappa shape index (κ3) is 5.43. The lowest BCUT2D eigenvalue weighted by Crippen LogP contribution is -2.43. The van der Waals surface area contributed by atoms with Crippen LogP contribution in [0.2, 0.25) is 0 Å². The quantitative estimate of drug-likeness (QED) is 0.187. The third-order valence-electron chi connectivity index (χ3n) is 10.5. The highest BCUT2D eigenvalue weighted by Crippen LogP contribution is 2.39. The molecule has 2 saturated heterocycles. The largest absolute Gasteiger partial charge is 0.340 e. The Morgan fingerprint density at radius 3 is 1.94 bits per heavy atom. The molecule has 2 aliphatic rings. The number of benzene rings is 3. The van der Waals surface area contributed by atoms with E-state index in [-0.39, 0.29) is 17.9 Å². The van der Waals surface area contributed by atoms with Gasteiger partial charge in [0.2, 0.25) is 0 Å². The van der Waals surface area contributed by atoms with Gasteiger partial charge in [-0.2, -0.15) is 0 Å². The maximum atomic E-state index is 13.4. The molecule has 0 aliphatic carbocycles. The smallest absolute Gasteiger partial charge is 0.273 e. The van der Waals surface area contributed by atoms with Gasteiger partial charge in [-0.1, -0.05) is 48.5 Å². The first-order valence-electron chi connectivity index (χ1n) is 17.5. The average Bonchev–Trinajstić information content (AvgIpc) is 4.00. The average molecular weight is 673 g/mol. The molecule has 4 aromatic heterocycles. The number of carbonyl (C=O) groups excluding carboxylic acids is 2. The number of fused-ring (bicyclic) bond motifs is 2. The first-order chi connectivity index (χ1) is 24.9. The second-order valence-corrected chi connectivity index (χ2v) is 13.7. The van der Waals surface area contributed by atoms with E-state index in [0.29, 0.717) is 24.5 Å². The van der Waals surface area contributed by atoms with Gasteiger partial charge in [0.15, 0.2) is 0 Å². The first kappa shape index (κ1) is 30.9. The summed E-state index contributed by atoms with van der Waals surface area (Å²) >= 11 is 0. The van der Waals surface area contributed by atoms with E-state index in [1.165, 1.54) is 0 Å². The fourth-order valence-corrected chi connectivity index (χ4v) is 7.76. The number of nitrogens with zero attached hydrogens (tertiary/aromatic N) is 6. The van der Waals surface area contributed by atoms with Gasteiger partial charge in [0.05, 0.1) is 33.6 Å². The number of aromatic amines is 2. The molecule has 2 amide bonds. The van der Waals surface area contributed by atoms with Crippen LogP contribution in [0.25, 0.3) is 44.3 Å². The van der Waals surface area contributed by atoms with Crippen LogP contribution in [0.5, 0.6) is 0 Å². The van der Waals surface area contributed by atoms with E-state index in [1.54, 1.807) is 24.5 Å². The fourth-order valence-electron chi connectivity index (χ4n) is 7.76. The van der Waals surface area contributed by atoms with E-state index in [4.69, 9.17) is 9.97 Å². The van der Waals surface area contributed by atoms with Crippen molar-refractivity contribution in [3.05, 3.63) is 132 Å². The molecule has 3 aromatic carbocycles. The van der Waals surface area contributed by atoms with Crippen molar-refractivity contribution < 1.29 is 9.59 Å². The molecular formula is C41H36N8O2. The molecule has 2 N–H and O–H groups in total. The van der Waals surface area contributed by atoms with Crippen LogP contribution in [0.15, 0.2) is 109 Å². The van der Waals surface area contributed by atoms with Gasteiger partial charge in [-0.25, -0.2) is 9.97 Å². The van der Waals surface area contributed by atoms with Gasteiger partial charge in [-0.15, -0.1) is 0 Å². The number of rotatable bonds is 6. The predicted molar refractivity (Wildman–Crippen MR) is 196 cm³/mol. The number of likely N-dealkylation sites (tertiary alicyclic amines) is 2. The van der Waals surface area contributed by atoms with Crippen molar-refractivity contribution in [2.75, 3.05) is 13.1 Å². The maximum absolute atomic E-state index is 13.4. The molecule has 0 saturated carbocycles. The first-order valence-corrected chi connectivity index (χ1v) is 17.5. The molecule has 0 unspecified atom stereocenters. The summed E-state index contributed by atoms with van der Waals surface area (Å²) in [6, 6.07) is 31.8.